The largest absolute Gasteiger partial charge is 0.497 e. The van der Waals surface area contributed by atoms with Gasteiger partial charge in [0, 0.05) is 6.07 Å². The molecule has 8 heteroatoms. The van der Waals surface area contributed by atoms with Crippen LogP contribution in [0.3, 0.4) is 0 Å². The van der Waals surface area contributed by atoms with E-state index in [0.717, 1.165) is 15.3 Å². The van der Waals surface area contributed by atoms with Crippen molar-refractivity contribution in [3.05, 3.63) is 47.8 Å². The number of hydrogen-bond donors (Lipinski definition) is 0. The molecule has 0 saturated carbocycles. The summed E-state index contributed by atoms with van der Waals surface area (Å²) in [4.78, 5) is 18.9. The number of carbonyl (C=O) groups excluding carboxylic acids is 1. The molecule has 0 bridgehead atoms. The van der Waals surface area contributed by atoms with Gasteiger partial charge < -0.3 is 19.1 Å². The van der Waals surface area contributed by atoms with E-state index in [1.54, 1.807) is 24.3 Å². The number of aromatic nitrogens is 1. The van der Waals surface area contributed by atoms with Crippen molar-refractivity contribution >= 4 is 32.7 Å². The van der Waals surface area contributed by atoms with Gasteiger partial charge in [-0.25, -0.2) is 14.2 Å². The Kier molecular flexibility index (Phi) is 4.57. The second kappa shape index (κ2) is 7.03. The molecule has 0 aliphatic carbocycles. The van der Waals surface area contributed by atoms with Crippen LogP contribution in [0.15, 0.2) is 36.4 Å². The van der Waals surface area contributed by atoms with E-state index in [2.05, 4.69) is 4.98 Å². The Labute approximate surface area is 159 Å². The van der Waals surface area contributed by atoms with Crippen LogP contribution in [-0.4, -0.2) is 44.4 Å². The predicted molar refractivity (Wildman–Crippen MR) is 101 cm³/mol. The van der Waals surface area contributed by atoms with E-state index >= 15 is 0 Å². The monoisotopic (exact) mass is 388 g/mol. The second-order valence-corrected chi connectivity index (χ2v) is 7.15. The standard InChI is InChI=1S/C19H17FN2O4S/c1-24-13-5-11(6-14(8-13)25-2)18(23)26-15-9-22(10-15)19-21-16-4-3-12(20)7-17(16)27-19/h3-8,15H,9-10H2,1-2H3. The van der Waals surface area contributed by atoms with Crippen molar-refractivity contribution in [2.24, 2.45) is 0 Å². The lowest BCUT2D eigenvalue weighted by Gasteiger charge is -2.38. The number of carbonyl (C=O) groups is 1. The molecule has 140 valence electrons. The highest BCUT2D eigenvalue weighted by atomic mass is 32.1. The maximum Gasteiger partial charge on any atom is 0.338 e. The fraction of sp³-hybridized carbons (Fsp3) is 0.263. The molecular formula is C19H17FN2O4S. The summed E-state index contributed by atoms with van der Waals surface area (Å²) in [6.45, 7) is 1.10. The molecule has 1 aliphatic rings. The van der Waals surface area contributed by atoms with Gasteiger partial charge in [0.1, 0.15) is 23.4 Å². The Bertz CT molecular complexity index is 978. The van der Waals surface area contributed by atoms with Crippen molar-refractivity contribution in [3.63, 3.8) is 0 Å². The molecule has 27 heavy (non-hydrogen) atoms. The highest BCUT2D eigenvalue weighted by Crippen LogP contribution is 2.32. The van der Waals surface area contributed by atoms with Crippen molar-refractivity contribution < 1.29 is 23.4 Å². The quantitative estimate of drug-likeness (QED) is 0.624. The Morgan fingerprint density at radius 2 is 1.85 bits per heavy atom. The van der Waals surface area contributed by atoms with Gasteiger partial charge in [0.25, 0.3) is 0 Å². The van der Waals surface area contributed by atoms with Crippen molar-refractivity contribution in [1.29, 1.82) is 0 Å². The Morgan fingerprint density at radius 1 is 1.15 bits per heavy atom. The third-order valence-electron chi connectivity index (χ3n) is 4.32. The number of anilines is 1. The zero-order valence-electron chi connectivity index (χ0n) is 14.8. The Morgan fingerprint density at radius 3 is 2.52 bits per heavy atom. The third kappa shape index (κ3) is 3.52. The molecule has 1 saturated heterocycles. The molecule has 1 aromatic heterocycles. The van der Waals surface area contributed by atoms with E-state index in [9.17, 15) is 9.18 Å². The van der Waals surface area contributed by atoms with Gasteiger partial charge in [-0.3, -0.25) is 0 Å². The average Bonchev–Trinajstić information content (AvgIpc) is 3.05. The molecule has 0 unspecified atom stereocenters. The van der Waals surface area contributed by atoms with Crippen molar-refractivity contribution in [2.75, 3.05) is 32.2 Å². The molecule has 4 rings (SSSR count). The summed E-state index contributed by atoms with van der Waals surface area (Å²) < 4.78 is 30.0. The SMILES string of the molecule is COc1cc(OC)cc(C(=O)OC2CN(c3nc4ccc(F)cc4s3)C2)c1. The first-order valence-corrected chi connectivity index (χ1v) is 9.12. The lowest BCUT2D eigenvalue weighted by atomic mass is 10.1. The average molecular weight is 388 g/mol. The van der Waals surface area contributed by atoms with Crippen LogP contribution in [0.4, 0.5) is 9.52 Å². The van der Waals surface area contributed by atoms with Gasteiger partial charge in [-0.1, -0.05) is 11.3 Å². The number of ether oxygens (including phenoxy) is 3. The summed E-state index contributed by atoms with van der Waals surface area (Å²) in [6, 6.07) is 9.46. The first-order chi connectivity index (χ1) is 13.1. The molecule has 1 aliphatic heterocycles. The van der Waals surface area contributed by atoms with Crippen molar-refractivity contribution in [2.45, 2.75) is 6.10 Å². The minimum Gasteiger partial charge on any atom is -0.497 e. The maximum absolute atomic E-state index is 13.3. The molecule has 3 aromatic rings. The van der Waals surface area contributed by atoms with Crippen LogP contribution in [0.2, 0.25) is 0 Å². The fourth-order valence-electron chi connectivity index (χ4n) is 2.84. The zero-order chi connectivity index (χ0) is 19.0. The summed E-state index contributed by atoms with van der Waals surface area (Å²) in [5.41, 5.74) is 1.14. The molecule has 0 N–H and O–H groups in total. The number of esters is 1. The van der Waals surface area contributed by atoms with Crippen LogP contribution < -0.4 is 14.4 Å². The van der Waals surface area contributed by atoms with E-state index < -0.39 is 5.97 Å². The summed E-state index contributed by atoms with van der Waals surface area (Å²) >= 11 is 1.42. The molecule has 0 atom stereocenters. The lowest BCUT2D eigenvalue weighted by Crippen LogP contribution is -2.53. The number of rotatable bonds is 5. The van der Waals surface area contributed by atoms with Gasteiger partial charge in [-0.15, -0.1) is 0 Å². The maximum atomic E-state index is 13.3. The number of nitrogens with zero attached hydrogens (tertiary/aromatic N) is 2. The summed E-state index contributed by atoms with van der Waals surface area (Å²) in [7, 11) is 3.05. The van der Waals surface area contributed by atoms with Gasteiger partial charge in [0.05, 0.1) is 43.1 Å². The summed E-state index contributed by atoms with van der Waals surface area (Å²) in [6.07, 6.45) is -0.224. The van der Waals surface area contributed by atoms with Crippen LogP contribution in [0, 0.1) is 5.82 Å². The number of fused-ring (bicyclic) bond motifs is 1. The molecule has 0 amide bonds. The van der Waals surface area contributed by atoms with Crippen LogP contribution in [0.25, 0.3) is 10.2 Å². The second-order valence-electron chi connectivity index (χ2n) is 6.14. The molecule has 2 aromatic carbocycles. The van der Waals surface area contributed by atoms with Crippen molar-refractivity contribution in [3.8, 4) is 11.5 Å². The van der Waals surface area contributed by atoms with Gasteiger partial charge in [0.2, 0.25) is 0 Å². The summed E-state index contributed by atoms with van der Waals surface area (Å²) in [5.74, 6) is 0.349. The lowest BCUT2D eigenvalue weighted by molar-refractivity contribution is 0.0233. The van der Waals surface area contributed by atoms with Crippen molar-refractivity contribution in [1.82, 2.24) is 4.98 Å². The van der Waals surface area contributed by atoms with E-state index in [1.165, 1.54) is 37.7 Å². The molecule has 2 heterocycles. The molecule has 1 fully saturated rings. The van der Waals surface area contributed by atoms with Gasteiger partial charge in [-0.2, -0.15) is 0 Å². The number of halogens is 1. The van der Waals surface area contributed by atoms with Gasteiger partial charge in [0.15, 0.2) is 5.13 Å². The number of hydrogen-bond acceptors (Lipinski definition) is 7. The van der Waals surface area contributed by atoms with Crippen LogP contribution in [0.1, 0.15) is 10.4 Å². The highest BCUT2D eigenvalue weighted by Gasteiger charge is 2.32. The third-order valence-corrected chi connectivity index (χ3v) is 5.40. The molecule has 6 nitrogen and oxygen atoms in total. The molecule has 0 radical (unpaired) electrons. The van der Waals surface area contributed by atoms with E-state index in [4.69, 9.17) is 14.2 Å². The van der Waals surface area contributed by atoms with E-state index in [1.807, 2.05) is 4.90 Å². The number of methoxy groups -OCH3 is 2. The number of thiazole rings is 1. The van der Waals surface area contributed by atoms with Crippen LogP contribution in [-0.2, 0) is 4.74 Å². The Balaban J connectivity index is 1.40. The van der Waals surface area contributed by atoms with Crippen LogP contribution in [0.5, 0.6) is 11.5 Å². The van der Waals surface area contributed by atoms with E-state index in [0.29, 0.717) is 30.2 Å². The minimum atomic E-state index is -0.428. The molecule has 0 spiro atoms. The van der Waals surface area contributed by atoms with Crippen LogP contribution >= 0.6 is 11.3 Å². The fourth-order valence-corrected chi connectivity index (χ4v) is 3.84. The summed E-state index contributed by atoms with van der Waals surface area (Å²) in [5, 5.41) is 0.797. The zero-order valence-corrected chi connectivity index (χ0v) is 15.6. The van der Waals surface area contributed by atoms with Gasteiger partial charge in [-0.05, 0) is 30.3 Å². The smallest absolute Gasteiger partial charge is 0.338 e. The first-order valence-electron chi connectivity index (χ1n) is 8.31. The predicted octanol–water partition coefficient (Wildman–Crippen LogP) is 3.50. The number of benzene rings is 2. The Hall–Kier alpha value is -2.87. The topological polar surface area (TPSA) is 60.9 Å². The van der Waals surface area contributed by atoms with Gasteiger partial charge >= 0.3 is 5.97 Å². The normalized spacial score (nSPS) is 14.1. The highest BCUT2D eigenvalue weighted by molar-refractivity contribution is 7.22. The minimum absolute atomic E-state index is 0.224. The molecular weight excluding hydrogens is 371 g/mol. The first kappa shape index (κ1) is 17.5. The van der Waals surface area contributed by atoms with E-state index in [-0.39, 0.29) is 11.9 Å².